The van der Waals surface area contributed by atoms with Crippen LogP contribution in [0.4, 0.5) is 4.79 Å². The van der Waals surface area contributed by atoms with Gasteiger partial charge >= 0.3 is 47.9 Å². The highest BCUT2D eigenvalue weighted by molar-refractivity contribution is 5.69. The van der Waals surface area contributed by atoms with Crippen molar-refractivity contribution in [3.05, 3.63) is 0 Å². The van der Waals surface area contributed by atoms with Crippen LogP contribution in [0.1, 0.15) is 48.5 Å². The van der Waals surface area contributed by atoms with Crippen molar-refractivity contribution in [1.82, 2.24) is 0 Å². The predicted molar refractivity (Wildman–Crippen MR) is 144 cm³/mol. The third-order valence-electron chi connectivity index (χ3n) is 6.12. The van der Waals surface area contributed by atoms with Crippen LogP contribution in [0.5, 0.6) is 0 Å². The van der Waals surface area contributed by atoms with Crippen molar-refractivity contribution in [2.24, 2.45) is 5.73 Å². The highest BCUT2D eigenvalue weighted by Gasteiger charge is 2.58. The van der Waals surface area contributed by atoms with Crippen LogP contribution >= 0.6 is 0 Å². The molecule has 2 heterocycles. The van der Waals surface area contributed by atoms with Gasteiger partial charge in [0.15, 0.2) is 42.9 Å². The van der Waals surface area contributed by atoms with E-state index in [0.29, 0.717) is 0 Å². The molecule has 20 heteroatoms. The average Bonchev–Trinajstić information content (AvgIpc) is 2.91. The Morgan fingerprint density at radius 1 is 0.447 bits per heavy atom. The first kappa shape index (κ1) is 38.6. The quantitative estimate of drug-likeness (QED) is 0.185. The summed E-state index contributed by atoms with van der Waals surface area (Å²) in [6.07, 6.45) is -18.2. The number of carbonyl (C=O) groups excluding carboxylic acids is 8. The summed E-state index contributed by atoms with van der Waals surface area (Å²) in [7, 11) is 0. The molecule has 2 saturated heterocycles. The lowest BCUT2D eigenvalue weighted by Crippen LogP contribution is -2.67. The molecule has 0 aromatic rings. The first-order valence-corrected chi connectivity index (χ1v) is 13.9. The molecule has 0 aliphatic carbocycles. The molecule has 2 aliphatic rings. The minimum absolute atomic E-state index is 0.573. The van der Waals surface area contributed by atoms with Crippen molar-refractivity contribution in [1.29, 1.82) is 0 Å². The van der Waals surface area contributed by atoms with Crippen LogP contribution in [0.3, 0.4) is 0 Å². The molecule has 0 spiro atoms. The Morgan fingerprint density at radius 3 is 1.21 bits per heavy atom. The second-order valence-electron chi connectivity index (χ2n) is 10.1. The van der Waals surface area contributed by atoms with E-state index in [0.717, 1.165) is 48.5 Å². The van der Waals surface area contributed by atoms with E-state index in [-0.39, 0.29) is 0 Å². The molecule has 0 aromatic heterocycles. The van der Waals surface area contributed by atoms with Crippen molar-refractivity contribution < 1.29 is 90.5 Å². The summed E-state index contributed by atoms with van der Waals surface area (Å²) in [5.74, 6) is -6.29. The van der Waals surface area contributed by atoms with E-state index in [1.165, 1.54) is 0 Å². The van der Waals surface area contributed by atoms with Crippen molar-refractivity contribution in [2.75, 3.05) is 13.2 Å². The third kappa shape index (κ3) is 12.0. The molecule has 264 valence electrons. The van der Waals surface area contributed by atoms with E-state index < -0.39 is 123 Å². The Labute approximate surface area is 267 Å². The molecule has 10 atom stereocenters. The molecule has 20 nitrogen and oxygen atoms in total. The number of hydrogen-bond acceptors (Lipinski definition) is 19. The number of esters is 7. The van der Waals surface area contributed by atoms with Crippen LogP contribution in [0.15, 0.2) is 0 Å². The van der Waals surface area contributed by atoms with E-state index in [1.54, 1.807) is 0 Å². The number of primary amides is 1. The molecule has 0 radical (unpaired) electrons. The minimum atomic E-state index is -1.90. The van der Waals surface area contributed by atoms with Crippen LogP contribution < -0.4 is 5.73 Å². The van der Waals surface area contributed by atoms with E-state index >= 15 is 0 Å². The number of carbonyl (C=O) groups is 8. The maximum Gasteiger partial charge on any atom is 0.405 e. The first-order valence-electron chi connectivity index (χ1n) is 13.9. The van der Waals surface area contributed by atoms with Crippen LogP contribution in [-0.2, 0) is 85.7 Å². The highest BCUT2D eigenvalue weighted by Crippen LogP contribution is 2.35. The molecule has 1 unspecified atom stereocenters. The molecule has 0 aromatic carbocycles. The fourth-order valence-corrected chi connectivity index (χ4v) is 4.67. The number of nitrogens with two attached hydrogens (primary N) is 1. The van der Waals surface area contributed by atoms with Gasteiger partial charge in [-0.25, -0.2) is 4.79 Å². The van der Waals surface area contributed by atoms with Gasteiger partial charge in [0.1, 0.15) is 25.4 Å². The van der Waals surface area contributed by atoms with Gasteiger partial charge in [-0.3, -0.25) is 33.6 Å². The van der Waals surface area contributed by atoms with Crippen LogP contribution in [-0.4, -0.2) is 123 Å². The summed E-state index contributed by atoms with van der Waals surface area (Å²) in [6, 6.07) is 0. The highest BCUT2D eigenvalue weighted by atomic mass is 16.8. The minimum Gasteiger partial charge on any atom is -0.463 e. The second kappa shape index (κ2) is 17.4. The summed E-state index contributed by atoms with van der Waals surface area (Å²) < 4.78 is 59.6. The molecule has 2 aliphatic heterocycles. The lowest BCUT2D eigenvalue weighted by atomic mass is 9.96. The van der Waals surface area contributed by atoms with Crippen molar-refractivity contribution in [3.63, 3.8) is 0 Å². The van der Waals surface area contributed by atoms with Crippen molar-refractivity contribution in [2.45, 2.75) is 110 Å². The van der Waals surface area contributed by atoms with E-state index in [4.69, 9.17) is 57.8 Å². The fourth-order valence-electron chi connectivity index (χ4n) is 4.67. The van der Waals surface area contributed by atoms with Crippen molar-refractivity contribution in [3.8, 4) is 0 Å². The molecular formula is C27H37NO19. The third-order valence-corrected chi connectivity index (χ3v) is 6.12. The number of rotatable bonds is 12. The molecular weight excluding hydrogens is 642 g/mol. The summed E-state index contributed by atoms with van der Waals surface area (Å²) in [5, 5.41) is 0. The molecule has 2 rings (SSSR count). The standard InChI is InChI=1S/C27H37NO19/c1-10(29)37-8-17-19(39-12(3)31)21(40-13(4)32)24(25(44-17)43-16(7)35)46-26-23(42-15(6)34)22(41-14(5)33)20(47-27(28)36)18(45-26)9-38-11(2)30/h17-26H,8-9H2,1-7H3,(H2,28,36)/t17-,18+,19+,20+,21-,22-,23-,24-,25?,26+/m0/s1. The zero-order chi connectivity index (χ0) is 35.6. The number of hydrogen-bond donors (Lipinski definition) is 1. The Hall–Kier alpha value is -4.56. The van der Waals surface area contributed by atoms with E-state index in [9.17, 15) is 38.4 Å². The van der Waals surface area contributed by atoms with E-state index in [1.807, 2.05) is 0 Å². The Bertz CT molecular complexity index is 1200. The van der Waals surface area contributed by atoms with Gasteiger partial charge in [-0.05, 0) is 0 Å². The number of ether oxygens (including phenoxy) is 11. The van der Waals surface area contributed by atoms with Gasteiger partial charge in [0.25, 0.3) is 0 Å². The molecule has 2 fully saturated rings. The lowest BCUT2D eigenvalue weighted by Gasteiger charge is -2.48. The molecule has 1 amide bonds. The Kier molecular flexibility index (Phi) is 14.3. The molecule has 47 heavy (non-hydrogen) atoms. The fraction of sp³-hybridized carbons (Fsp3) is 0.704. The predicted octanol–water partition coefficient (Wildman–Crippen LogP) is -1.30. The molecule has 2 N–H and O–H groups in total. The second-order valence-corrected chi connectivity index (χ2v) is 10.1. The maximum atomic E-state index is 12.3. The monoisotopic (exact) mass is 679 g/mol. The Balaban J connectivity index is 2.72. The summed E-state index contributed by atoms with van der Waals surface area (Å²) in [5.41, 5.74) is 5.22. The average molecular weight is 680 g/mol. The van der Waals surface area contributed by atoms with Crippen LogP contribution in [0.25, 0.3) is 0 Å². The maximum absolute atomic E-state index is 12.3. The van der Waals surface area contributed by atoms with Gasteiger partial charge in [0, 0.05) is 48.5 Å². The van der Waals surface area contributed by atoms with Gasteiger partial charge in [-0.1, -0.05) is 0 Å². The smallest absolute Gasteiger partial charge is 0.405 e. The van der Waals surface area contributed by atoms with Crippen molar-refractivity contribution >= 4 is 47.9 Å². The SMILES string of the molecule is CC(=O)OC[C@@H]1OC(OC(C)=O)[C@@H](O[C@H]2O[C@H](COC(C)=O)[C@@H](OC(N)=O)[C@H](OC(C)=O)[C@@H]2OC(C)=O)[C@@H](OC(C)=O)[C@@H]1OC(C)=O. The summed E-state index contributed by atoms with van der Waals surface area (Å²) in [6.45, 7) is 5.88. The molecule has 0 bridgehead atoms. The largest absolute Gasteiger partial charge is 0.463 e. The van der Waals surface area contributed by atoms with Gasteiger partial charge in [0.05, 0.1) is 0 Å². The van der Waals surface area contributed by atoms with Gasteiger partial charge in [-0.2, -0.15) is 0 Å². The normalized spacial score (nSPS) is 30.0. The number of amides is 1. The molecule has 0 saturated carbocycles. The van der Waals surface area contributed by atoms with E-state index in [2.05, 4.69) is 0 Å². The van der Waals surface area contributed by atoms with Crippen LogP contribution in [0, 0.1) is 0 Å². The first-order chi connectivity index (χ1) is 21.9. The summed E-state index contributed by atoms with van der Waals surface area (Å²) >= 11 is 0. The van der Waals surface area contributed by atoms with Gasteiger partial charge < -0.3 is 57.8 Å². The summed E-state index contributed by atoms with van der Waals surface area (Å²) in [4.78, 5) is 96.0. The Morgan fingerprint density at radius 2 is 0.809 bits per heavy atom. The van der Waals surface area contributed by atoms with Gasteiger partial charge in [-0.15, -0.1) is 0 Å². The zero-order valence-corrected chi connectivity index (χ0v) is 26.5. The topological polar surface area (TPSA) is 264 Å². The lowest BCUT2D eigenvalue weighted by molar-refractivity contribution is -0.363. The van der Waals surface area contributed by atoms with Crippen LogP contribution in [0.2, 0.25) is 0 Å². The van der Waals surface area contributed by atoms with Gasteiger partial charge in [0.2, 0.25) is 6.29 Å². The zero-order valence-electron chi connectivity index (χ0n) is 26.5.